The Labute approximate surface area is 262 Å². The highest BCUT2D eigenvalue weighted by Gasteiger charge is 2.32. The zero-order chi connectivity index (χ0) is 30.8. The van der Waals surface area contributed by atoms with Crippen molar-refractivity contribution in [2.45, 2.75) is 76.7 Å². The van der Waals surface area contributed by atoms with E-state index in [4.69, 9.17) is 10.8 Å². The fraction of sp³-hybridized carbons (Fsp3) is 0.514. The van der Waals surface area contributed by atoms with Gasteiger partial charge in [0.2, 0.25) is 5.91 Å². The Morgan fingerprint density at radius 1 is 1.02 bits per heavy atom. The van der Waals surface area contributed by atoms with E-state index in [0.717, 1.165) is 67.9 Å². The monoisotopic (exact) mass is 611 g/mol. The number of rotatable bonds is 6. The highest BCUT2D eigenvalue weighted by Crippen LogP contribution is 2.38. The molecule has 8 rings (SSSR count). The average molecular weight is 612 g/mol. The third-order valence-electron chi connectivity index (χ3n) is 10.5. The summed E-state index contributed by atoms with van der Waals surface area (Å²) in [5.74, 6) is 0.788. The van der Waals surface area contributed by atoms with Gasteiger partial charge < -0.3 is 25.0 Å². The molecule has 9 nitrogen and oxygen atoms in total. The fourth-order valence-electron chi connectivity index (χ4n) is 7.85. The lowest BCUT2D eigenvalue weighted by Gasteiger charge is -2.37. The van der Waals surface area contributed by atoms with Gasteiger partial charge in [-0.1, -0.05) is 6.07 Å². The number of alkyl halides is 1. The molecule has 4 aromatic rings. The number of hydrogen-bond donors (Lipinski definition) is 1. The van der Waals surface area contributed by atoms with Gasteiger partial charge in [0.15, 0.2) is 0 Å². The number of nitrogens with zero attached hydrogens (tertiary/aromatic N) is 6. The number of benzene rings is 1. The molecule has 3 aliphatic heterocycles. The molecule has 4 aliphatic rings. The lowest BCUT2D eigenvalue weighted by Crippen LogP contribution is -2.50. The quantitative estimate of drug-likeness (QED) is 0.339. The number of carbonyl (C=O) groups excluding carboxylic acids is 2. The maximum atomic E-state index is 14.2. The number of aryl methyl sites for hydroxylation is 1. The average Bonchev–Trinajstić information content (AvgIpc) is 3.51. The molecular formula is C35H42FN7O2. The summed E-state index contributed by atoms with van der Waals surface area (Å²) in [6.45, 7) is 6.32. The van der Waals surface area contributed by atoms with Gasteiger partial charge in [-0.2, -0.15) is 5.10 Å². The smallest absolute Gasteiger partial charge is 0.255 e. The van der Waals surface area contributed by atoms with Crippen molar-refractivity contribution in [1.29, 1.82) is 0 Å². The van der Waals surface area contributed by atoms with Crippen molar-refractivity contribution in [2.24, 2.45) is 11.7 Å². The Balaban J connectivity index is 1.10. The Bertz CT molecular complexity index is 1770. The summed E-state index contributed by atoms with van der Waals surface area (Å²) in [4.78, 5) is 31.7. The standard InChI is InChI=1S/C35H42FN7O2/c1-22-30-9-7-25(35(45)40-20-26(36)16-27(37)21-40)19-43(30)38-34(22)32-15-24-6-8-29(17-31(24)42(32)18-23-4-5-23)39-13-10-28(11-14-39)41-12-2-3-33(41)44/h6-9,15,17,19,23,26-28H,2-5,10-14,16,18,20-21,37H2,1H3/t26-,27-/m1/s1. The second kappa shape index (κ2) is 11.2. The number of anilines is 1. The topological polar surface area (TPSA) is 92.1 Å². The molecule has 2 atom stereocenters. The molecule has 3 saturated heterocycles. The normalized spacial score (nSPS) is 23.2. The van der Waals surface area contributed by atoms with E-state index in [0.29, 0.717) is 42.8 Å². The molecule has 0 spiro atoms. The predicted octanol–water partition coefficient (Wildman–Crippen LogP) is 4.78. The van der Waals surface area contributed by atoms with Gasteiger partial charge in [-0.3, -0.25) is 9.59 Å². The summed E-state index contributed by atoms with van der Waals surface area (Å²) in [5, 5.41) is 6.23. The lowest BCUT2D eigenvalue weighted by molar-refractivity contribution is -0.130. The van der Waals surface area contributed by atoms with E-state index >= 15 is 0 Å². The summed E-state index contributed by atoms with van der Waals surface area (Å²) in [6.07, 6.45) is 7.19. The van der Waals surface area contributed by atoms with Crippen molar-refractivity contribution in [3.63, 3.8) is 0 Å². The molecule has 1 saturated carbocycles. The van der Waals surface area contributed by atoms with E-state index in [1.807, 2.05) is 12.1 Å². The van der Waals surface area contributed by atoms with E-state index in [-0.39, 0.29) is 18.5 Å². The van der Waals surface area contributed by atoms with Crippen LogP contribution in [0.15, 0.2) is 42.6 Å². The van der Waals surface area contributed by atoms with Gasteiger partial charge in [0.05, 0.1) is 28.8 Å². The summed E-state index contributed by atoms with van der Waals surface area (Å²) >= 11 is 0. The van der Waals surface area contributed by atoms with Gasteiger partial charge in [0.25, 0.3) is 5.91 Å². The molecule has 2 amide bonds. The number of piperidine rings is 2. The highest BCUT2D eigenvalue weighted by atomic mass is 19.1. The molecule has 0 unspecified atom stereocenters. The van der Waals surface area contributed by atoms with Crippen molar-refractivity contribution < 1.29 is 14.0 Å². The number of hydrogen-bond acceptors (Lipinski definition) is 5. The molecule has 10 heteroatoms. The molecule has 3 aromatic heterocycles. The molecule has 1 aromatic carbocycles. The van der Waals surface area contributed by atoms with Crippen LogP contribution in [-0.4, -0.2) is 86.8 Å². The molecule has 0 bridgehead atoms. The van der Waals surface area contributed by atoms with Crippen LogP contribution in [0.3, 0.4) is 0 Å². The van der Waals surface area contributed by atoms with Gasteiger partial charge in [-0.15, -0.1) is 0 Å². The van der Waals surface area contributed by atoms with Crippen LogP contribution in [0.5, 0.6) is 0 Å². The van der Waals surface area contributed by atoms with Crippen LogP contribution in [-0.2, 0) is 11.3 Å². The van der Waals surface area contributed by atoms with Crippen LogP contribution in [0.1, 0.15) is 60.9 Å². The van der Waals surface area contributed by atoms with Crippen LogP contribution >= 0.6 is 0 Å². The Hall–Kier alpha value is -3.92. The minimum atomic E-state index is -1.10. The van der Waals surface area contributed by atoms with E-state index in [1.54, 1.807) is 10.7 Å². The summed E-state index contributed by atoms with van der Waals surface area (Å²) in [7, 11) is 0. The number of nitrogens with two attached hydrogens (primary N) is 1. The van der Waals surface area contributed by atoms with Crippen LogP contribution in [0, 0.1) is 12.8 Å². The largest absolute Gasteiger partial charge is 0.371 e. The Morgan fingerprint density at radius 3 is 2.58 bits per heavy atom. The fourth-order valence-corrected chi connectivity index (χ4v) is 7.85. The number of pyridine rings is 1. The first-order chi connectivity index (χ1) is 21.8. The molecule has 2 N–H and O–H groups in total. The zero-order valence-corrected chi connectivity index (χ0v) is 26.0. The Morgan fingerprint density at radius 2 is 1.84 bits per heavy atom. The molecule has 4 fully saturated rings. The number of halogens is 1. The van der Waals surface area contributed by atoms with E-state index < -0.39 is 6.17 Å². The van der Waals surface area contributed by atoms with Crippen LogP contribution in [0.25, 0.3) is 27.8 Å². The number of fused-ring (bicyclic) bond motifs is 2. The van der Waals surface area contributed by atoms with Crippen molar-refractivity contribution >= 4 is 33.9 Å². The number of carbonyl (C=O) groups is 2. The molecule has 236 valence electrons. The van der Waals surface area contributed by atoms with Gasteiger partial charge in [0, 0.05) is 74.1 Å². The zero-order valence-electron chi connectivity index (χ0n) is 26.0. The van der Waals surface area contributed by atoms with Gasteiger partial charge >= 0.3 is 0 Å². The first kappa shape index (κ1) is 28.5. The first-order valence-electron chi connectivity index (χ1n) is 16.7. The molecule has 6 heterocycles. The molecule has 0 radical (unpaired) electrons. The van der Waals surface area contributed by atoms with E-state index in [1.165, 1.54) is 34.3 Å². The van der Waals surface area contributed by atoms with Gasteiger partial charge in [-0.25, -0.2) is 8.91 Å². The maximum absolute atomic E-state index is 14.2. The van der Waals surface area contributed by atoms with Crippen molar-refractivity contribution in [3.8, 4) is 11.4 Å². The SMILES string of the molecule is Cc1c(-c2cc3ccc(N4CCC(N5CCCC5=O)CC4)cc3n2CC2CC2)nn2cc(C(=O)N3C[C@H](N)C[C@@H](F)C3)ccc12. The second-order valence-electron chi connectivity index (χ2n) is 13.8. The number of aromatic nitrogens is 3. The summed E-state index contributed by atoms with van der Waals surface area (Å²) in [5.41, 5.74) is 13.0. The predicted molar refractivity (Wildman–Crippen MR) is 173 cm³/mol. The van der Waals surface area contributed by atoms with E-state index in [2.05, 4.69) is 45.6 Å². The summed E-state index contributed by atoms with van der Waals surface area (Å²) in [6, 6.07) is 12.9. The van der Waals surface area contributed by atoms with Gasteiger partial charge in [-0.05, 0) is 81.7 Å². The van der Waals surface area contributed by atoms with Crippen molar-refractivity contribution in [2.75, 3.05) is 37.6 Å². The van der Waals surface area contributed by atoms with Crippen LogP contribution in [0.2, 0.25) is 0 Å². The molecular weight excluding hydrogens is 569 g/mol. The number of amides is 2. The Kier molecular flexibility index (Phi) is 7.08. The van der Waals surface area contributed by atoms with Crippen molar-refractivity contribution in [1.82, 2.24) is 24.0 Å². The van der Waals surface area contributed by atoms with E-state index in [9.17, 15) is 14.0 Å². The minimum Gasteiger partial charge on any atom is -0.371 e. The highest BCUT2D eigenvalue weighted by molar-refractivity contribution is 5.95. The maximum Gasteiger partial charge on any atom is 0.255 e. The van der Waals surface area contributed by atoms with Crippen LogP contribution in [0.4, 0.5) is 10.1 Å². The third-order valence-corrected chi connectivity index (χ3v) is 10.5. The van der Waals surface area contributed by atoms with Crippen LogP contribution < -0.4 is 10.6 Å². The van der Waals surface area contributed by atoms with Crippen molar-refractivity contribution in [3.05, 3.63) is 53.7 Å². The minimum absolute atomic E-state index is 0.0767. The second-order valence-corrected chi connectivity index (χ2v) is 13.8. The third kappa shape index (κ3) is 5.26. The van der Waals surface area contributed by atoms with Gasteiger partial charge in [0.1, 0.15) is 11.9 Å². The number of likely N-dealkylation sites (tertiary alicyclic amines) is 2. The lowest BCUT2D eigenvalue weighted by atomic mass is 10.0. The molecule has 45 heavy (non-hydrogen) atoms. The molecule has 1 aliphatic carbocycles. The first-order valence-corrected chi connectivity index (χ1v) is 16.7. The summed E-state index contributed by atoms with van der Waals surface area (Å²) < 4.78 is 18.4.